The van der Waals surface area contributed by atoms with Crippen LogP contribution < -0.4 is 26.0 Å². The normalized spacial score (nSPS) is 26.7. The van der Waals surface area contributed by atoms with Gasteiger partial charge in [0.2, 0.25) is 41.4 Å². The van der Waals surface area contributed by atoms with Crippen LogP contribution >= 0.6 is 0 Å². The van der Waals surface area contributed by atoms with E-state index in [0.29, 0.717) is 17.7 Å². The molecular weight excluding hydrogens is 917 g/mol. The zero-order chi connectivity index (χ0) is 54.4. The molecule has 9 atom stereocenters. The highest BCUT2D eigenvalue weighted by Crippen LogP contribution is 2.25. The highest BCUT2D eigenvalue weighted by atomic mass is 16.5. The molecule has 398 valence electrons. The summed E-state index contributed by atoms with van der Waals surface area (Å²) in [5.74, 6) is -8.41. The molecule has 20 nitrogen and oxygen atoms in total. The molecule has 1 saturated heterocycles. The van der Waals surface area contributed by atoms with Gasteiger partial charge in [0.05, 0.1) is 32.2 Å². The third-order valence-electron chi connectivity index (χ3n) is 13.7. The highest BCUT2D eigenvalue weighted by molar-refractivity contribution is 6.09. The van der Waals surface area contributed by atoms with Crippen LogP contribution in [-0.4, -0.2) is 169 Å². The second-order valence-corrected chi connectivity index (χ2v) is 20.2. The number of ether oxygens (including phenoxy) is 2. The maximum Gasteiger partial charge on any atom is 0.311 e. The Kier molecular flexibility index (Phi) is 23.2. The molecule has 1 heterocycles. The maximum absolute atomic E-state index is 14.6. The Morgan fingerprint density at radius 3 is 1.76 bits per heavy atom. The second-order valence-electron chi connectivity index (χ2n) is 20.2. The van der Waals surface area contributed by atoms with Crippen molar-refractivity contribution in [2.75, 3.05) is 48.4 Å². The van der Waals surface area contributed by atoms with E-state index in [2.05, 4.69) is 21.3 Å². The Bertz CT molecular complexity index is 2080. The van der Waals surface area contributed by atoms with Crippen molar-refractivity contribution in [1.29, 1.82) is 0 Å². The molecule has 0 radical (unpaired) electrons. The van der Waals surface area contributed by atoms with E-state index in [1.54, 1.807) is 58.9 Å². The van der Waals surface area contributed by atoms with Crippen molar-refractivity contribution in [3.8, 4) is 5.75 Å². The van der Waals surface area contributed by atoms with Crippen LogP contribution in [0.2, 0.25) is 0 Å². The topological polar surface area (TPSA) is 250 Å². The number of methoxy groups -OCH3 is 1. The van der Waals surface area contributed by atoms with Crippen LogP contribution in [0.1, 0.15) is 108 Å². The van der Waals surface area contributed by atoms with Gasteiger partial charge in [0, 0.05) is 46.6 Å². The number of rotatable bonds is 9. The van der Waals surface area contributed by atoms with Crippen molar-refractivity contribution in [3.05, 3.63) is 29.8 Å². The molecule has 0 aromatic heterocycles. The fraction of sp³-hybridized carbons (Fsp3) is 0.686. The smallest absolute Gasteiger partial charge is 0.311 e. The van der Waals surface area contributed by atoms with Crippen molar-refractivity contribution in [2.24, 2.45) is 29.1 Å². The van der Waals surface area contributed by atoms with Gasteiger partial charge in [-0.25, -0.2) is 0 Å². The molecule has 20 heteroatoms. The molecule has 1 aliphatic heterocycles. The van der Waals surface area contributed by atoms with E-state index in [4.69, 9.17) is 9.47 Å². The molecule has 0 bridgehead atoms. The number of ketones is 1. The molecule has 1 fully saturated rings. The molecule has 8 amide bonds. The van der Waals surface area contributed by atoms with Crippen molar-refractivity contribution in [1.82, 2.24) is 40.9 Å². The number of hydrogen-bond donors (Lipinski definition) is 4. The van der Waals surface area contributed by atoms with Crippen LogP contribution in [0.25, 0.3) is 0 Å². The summed E-state index contributed by atoms with van der Waals surface area (Å²) in [5.41, 5.74) is -1.15. The van der Waals surface area contributed by atoms with Crippen LogP contribution in [0.4, 0.5) is 0 Å². The van der Waals surface area contributed by atoms with Crippen LogP contribution in [0.3, 0.4) is 0 Å². The number of Topliss-reactive ketones (excluding diaryl/α,β-unsaturated/α-hetero) is 1. The Hall–Kier alpha value is -6.08. The van der Waals surface area contributed by atoms with E-state index >= 15 is 0 Å². The highest BCUT2D eigenvalue weighted by Gasteiger charge is 2.45. The van der Waals surface area contributed by atoms with Gasteiger partial charge >= 0.3 is 5.97 Å². The second kappa shape index (κ2) is 26.9. The standard InChI is InChI=1S/C51H82N8O12/c1-18-30(7)42-47(66)53-26-39(60)57(14)37(24-28(3)4)45(64)52-27-40(61)59(16)41(29(5)6)48(67)58(15)38(25-34-20-22-35(70-17)23-21-34)46(65)54-32(9)43(62)51(11,12)50(69)56(13)33(10)44(63)55-36(19-2)31(8)49(68)71-42/h20-23,28-33,36-38,41-42H,18-19,24-27H2,1-17H3,(H,52,64)(H,53,66)(H,54,65)(H,55,63)/t30-,31-,32?,33-,36+,37-,38-,41-,42-/m0/s1. The minimum atomic E-state index is -1.79. The molecule has 0 aliphatic carbocycles. The fourth-order valence-corrected chi connectivity index (χ4v) is 8.40. The Morgan fingerprint density at radius 1 is 0.704 bits per heavy atom. The average molecular weight is 999 g/mol. The summed E-state index contributed by atoms with van der Waals surface area (Å²) in [7, 11) is 7.09. The largest absolute Gasteiger partial charge is 0.497 e. The molecule has 1 aliphatic rings. The van der Waals surface area contributed by atoms with Gasteiger partial charge in [0.25, 0.3) is 5.91 Å². The van der Waals surface area contributed by atoms with Crippen molar-refractivity contribution >= 4 is 59.0 Å². The van der Waals surface area contributed by atoms with Crippen molar-refractivity contribution in [3.63, 3.8) is 0 Å². The minimum absolute atomic E-state index is 0.0319. The van der Waals surface area contributed by atoms with Gasteiger partial charge in [-0.15, -0.1) is 0 Å². The molecule has 1 aromatic carbocycles. The summed E-state index contributed by atoms with van der Waals surface area (Å²) in [6.45, 7) is 18.5. The predicted octanol–water partition coefficient (Wildman–Crippen LogP) is 2.10. The van der Waals surface area contributed by atoms with Crippen molar-refractivity contribution < 1.29 is 57.4 Å². The number of benzene rings is 1. The first-order valence-electron chi connectivity index (χ1n) is 24.6. The third-order valence-corrected chi connectivity index (χ3v) is 13.7. The van der Waals surface area contributed by atoms with Crippen LogP contribution in [0.15, 0.2) is 24.3 Å². The van der Waals surface area contributed by atoms with E-state index < -0.39 is 138 Å². The van der Waals surface area contributed by atoms with E-state index in [-0.39, 0.29) is 25.2 Å². The number of nitrogens with zero attached hydrogens (tertiary/aromatic N) is 4. The summed E-state index contributed by atoms with van der Waals surface area (Å²) >= 11 is 0. The lowest BCUT2D eigenvalue weighted by molar-refractivity contribution is -0.164. The Morgan fingerprint density at radius 2 is 1.25 bits per heavy atom. The fourth-order valence-electron chi connectivity index (χ4n) is 8.40. The zero-order valence-corrected chi connectivity index (χ0v) is 45.1. The average Bonchev–Trinajstić information content (AvgIpc) is 3.33. The molecule has 2 rings (SSSR count). The van der Waals surface area contributed by atoms with Gasteiger partial charge in [-0.3, -0.25) is 47.9 Å². The van der Waals surface area contributed by atoms with E-state index in [1.165, 1.54) is 84.6 Å². The monoisotopic (exact) mass is 999 g/mol. The van der Waals surface area contributed by atoms with E-state index in [0.717, 1.165) is 4.90 Å². The Balaban J connectivity index is 2.72. The summed E-state index contributed by atoms with van der Waals surface area (Å²) < 4.78 is 11.1. The first-order chi connectivity index (χ1) is 33.0. The van der Waals surface area contributed by atoms with Crippen LogP contribution in [0, 0.1) is 29.1 Å². The van der Waals surface area contributed by atoms with E-state index in [9.17, 15) is 47.9 Å². The number of carbonyl (C=O) groups excluding carboxylic acids is 10. The van der Waals surface area contributed by atoms with Crippen LogP contribution in [-0.2, 0) is 59.1 Å². The summed E-state index contributed by atoms with van der Waals surface area (Å²) in [6, 6.07) is 0.125. The molecule has 71 heavy (non-hydrogen) atoms. The number of nitrogens with one attached hydrogen (secondary N) is 4. The minimum Gasteiger partial charge on any atom is -0.497 e. The third kappa shape index (κ3) is 16.0. The first-order valence-corrected chi connectivity index (χ1v) is 24.6. The number of carbonyl (C=O) groups is 10. The number of amides is 8. The van der Waals surface area contributed by atoms with Gasteiger partial charge in [0.1, 0.15) is 35.3 Å². The van der Waals surface area contributed by atoms with Gasteiger partial charge in [-0.05, 0) is 83.4 Å². The van der Waals surface area contributed by atoms with Gasteiger partial charge in [-0.1, -0.05) is 60.6 Å². The van der Waals surface area contributed by atoms with E-state index in [1.807, 2.05) is 13.8 Å². The number of esters is 1. The summed E-state index contributed by atoms with van der Waals surface area (Å²) in [6.07, 6.45) is -0.495. The SMILES string of the molecule is CC[C@H](C)[C@@H]1OC(=O)[C@@H](C)[C@@H](CC)NC(=O)[C@H](C)N(C)C(=O)C(C)(C)C(=O)C(C)NC(=O)[C@H](Cc2ccc(OC)cc2)N(C)C(=O)[C@H](C(C)C)N(C)C(=O)CNC(=O)[C@H](CC(C)C)N(C)C(=O)CNC1=O. The molecule has 0 spiro atoms. The predicted molar refractivity (Wildman–Crippen MR) is 266 cm³/mol. The quantitative estimate of drug-likeness (QED) is 0.205. The molecule has 0 saturated carbocycles. The molecule has 1 unspecified atom stereocenters. The Labute approximate surface area is 420 Å². The lowest BCUT2D eigenvalue weighted by atomic mass is 9.82. The summed E-state index contributed by atoms with van der Waals surface area (Å²) in [4.78, 5) is 145. The number of cyclic esters (lactones) is 1. The maximum atomic E-state index is 14.6. The van der Waals surface area contributed by atoms with Crippen molar-refractivity contribution in [2.45, 2.75) is 151 Å². The number of likely N-dealkylation sites (N-methyl/N-ethyl adjacent to an activating group) is 4. The lowest BCUT2D eigenvalue weighted by Gasteiger charge is -2.37. The van der Waals surface area contributed by atoms with Gasteiger partial charge in [0.15, 0.2) is 11.9 Å². The molecular formula is C51H82N8O12. The lowest BCUT2D eigenvalue weighted by Crippen LogP contribution is -2.60. The van der Waals surface area contributed by atoms with Crippen LogP contribution in [0.5, 0.6) is 5.75 Å². The molecule has 1 aromatic rings. The zero-order valence-electron chi connectivity index (χ0n) is 45.1. The molecule has 4 N–H and O–H groups in total. The number of hydrogen-bond acceptors (Lipinski definition) is 12. The summed E-state index contributed by atoms with van der Waals surface area (Å²) in [5, 5.41) is 10.7. The van der Waals surface area contributed by atoms with Gasteiger partial charge < -0.3 is 50.3 Å². The van der Waals surface area contributed by atoms with Gasteiger partial charge in [-0.2, -0.15) is 0 Å². The first kappa shape index (κ1) is 61.0.